The van der Waals surface area contributed by atoms with Crippen LogP contribution in [0.5, 0.6) is 0 Å². The van der Waals surface area contributed by atoms with Crippen LogP contribution in [0.25, 0.3) is 16.3 Å². The molecule has 1 aliphatic heterocycles. The second-order valence-electron chi connectivity index (χ2n) is 7.25. The maximum Gasteiger partial charge on any atom is 0.305 e. The van der Waals surface area contributed by atoms with Crippen molar-refractivity contribution in [2.75, 3.05) is 19.6 Å². The number of aromatic nitrogens is 1. The Morgan fingerprint density at radius 3 is 2.70 bits per heavy atom. The average Bonchev–Trinajstić information content (AvgIpc) is 3.04. The maximum atomic E-state index is 13.0. The van der Waals surface area contributed by atoms with Crippen LogP contribution in [0.15, 0.2) is 53.3 Å². The molecule has 0 bridgehead atoms. The number of hydrogen-bond acceptors (Lipinski definition) is 3. The molecular weight excluding hydrogens is 359 g/mol. The zero-order chi connectivity index (χ0) is 18.6. The Hall–Kier alpha value is -2.24. The molecule has 1 saturated heterocycles. The Balaban J connectivity index is 1.26. The van der Waals surface area contributed by atoms with E-state index < -0.39 is 0 Å². The van der Waals surface area contributed by atoms with Crippen LogP contribution in [0.4, 0.5) is 4.39 Å². The highest BCUT2D eigenvalue weighted by atomic mass is 32.1. The first kappa shape index (κ1) is 18.1. The maximum absolute atomic E-state index is 13.0. The number of nitrogens with zero attached hydrogens (tertiary/aromatic N) is 1. The highest BCUT2D eigenvalue weighted by Crippen LogP contribution is 2.22. The number of rotatable bonds is 5. The molecule has 1 aliphatic rings. The molecule has 0 radical (unpaired) electrons. The number of halogens is 1. The topological polar surface area (TPSA) is 36.1 Å². The lowest BCUT2D eigenvalue weighted by atomic mass is 9.90. The monoisotopic (exact) mass is 382 g/mol. The van der Waals surface area contributed by atoms with Gasteiger partial charge in [0.15, 0.2) is 0 Å². The average molecular weight is 383 g/mol. The molecule has 1 fully saturated rings. The van der Waals surface area contributed by atoms with Gasteiger partial charge in [-0.1, -0.05) is 41.7 Å². The van der Waals surface area contributed by atoms with Gasteiger partial charge in [-0.25, -0.2) is 4.39 Å². The summed E-state index contributed by atoms with van der Waals surface area (Å²) in [6, 6.07) is 13.0. The first-order valence-electron chi connectivity index (χ1n) is 9.42. The Kier molecular flexibility index (Phi) is 5.50. The van der Waals surface area contributed by atoms with Crippen molar-refractivity contribution >= 4 is 27.6 Å². The van der Waals surface area contributed by atoms with Crippen LogP contribution >= 0.6 is 11.3 Å². The fraction of sp³-hybridized carbons (Fsp3) is 0.318. The number of thiazole rings is 1. The van der Waals surface area contributed by atoms with Crippen molar-refractivity contribution in [3.63, 3.8) is 0 Å². The Morgan fingerprint density at radius 1 is 1.15 bits per heavy atom. The lowest BCUT2D eigenvalue weighted by Gasteiger charge is -2.31. The summed E-state index contributed by atoms with van der Waals surface area (Å²) in [6.45, 7) is 3.16. The van der Waals surface area contributed by atoms with E-state index in [0.717, 1.165) is 41.8 Å². The summed E-state index contributed by atoms with van der Waals surface area (Å²) in [5.41, 5.74) is 3.27. The third-order valence-electron chi connectivity index (χ3n) is 5.26. The first-order valence-corrected chi connectivity index (χ1v) is 10.2. The molecule has 0 unspecified atom stereocenters. The van der Waals surface area contributed by atoms with Crippen LogP contribution in [0.3, 0.4) is 0 Å². The van der Waals surface area contributed by atoms with E-state index in [1.54, 1.807) is 12.1 Å². The summed E-state index contributed by atoms with van der Waals surface area (Å²) in [5, 5.41) is 0. The molecule has 4 rings (SSSR count). The van der Waals surface area contributed by atoms with Gasteiger partial charge in [-0.05, 0) is 73.7 Å². The van der Waals surface area contributed by atoms with E-state index in [1.165, 1.54) is 29.7 Å². The molecule has 140 valence electrons. The van der Waals surface area contributed by atoms with Crippen molar-refractivity contribution in [1.82, 2.24) is 9.88 Å². The Morgan fingerprint density at radius 2 is 1.93 bits per heavy atom. The predicted octanol–water partition coefficient (Wildman–Crippen LogP) is 4.70. The third-order valence-corrected chi connectivity index (χ3v) is 6.11. The standard InChI is InChI=1S/C22H23FN2OS/c23-19-6-3-17(4-7-19)14-18-9-12-25(13-10-18)11-1-2-16-5-8-20-21(15-16)27-22(26)24-20/h1-8,15,18H,9-14H2,(H,24,26). The van der Waals surface area contributed by atoms with Gasteiger partial charge in [0.25, 0.3) is 0 Å². The van der Waals surface area contributed by atoms with Crippen LogP contribution in [0.1, 0.15) is 24.0 Å². The van der Waals surface area contributed by atoms with Gasteiger partial charge in [0.05, 0.1) is 10.2 Å². The van der Waals surface area contributed by atoms with Gasteiger partial charge in [0.2, 0.25) is 0 Å². The van der Waals surface area contributed by atoms with E-state index in [9.17, 15) is 9.18 Å². The molecule has 1 aromatic heterocycles. The van der Waals surface area contributed by atoms with Crippen molar-refractivity contribution in [2.24, 2.45) is 5.92 Å². The van der Waals surface area contributed by atoms with Crippen LogP contribution in [-0.2, 0) is 6.42 Å². The number of benzene rings is 2. The fourth-order valence-electron chi connectivity index (χ4n) is 3.73. The smallest absolute Gasteiger partial charge is 0.305 e. The van der Waals surface area contributed by atoms with Crippen LogP contribution in [-0.4, -0.2) is 29.5 Å². The number of piperidine rings is 1. The van der Waals surface area contributed by atoms with Gasteiger partial charge in [-0.3, -0.25) is 9.69 Å². The number of aromatic amines is 1. The molecule has 1 N–H and O–H groups in total. The summed E-state index contributed by atoms with van der Waals surface area (Å²) in [7, 11) is 0. The van der Waals surface area contributed by atoms with Gasteiger partial charge < -0.3 is 4.98 Å². The molecule has 2 heterocycles. The molecule has 0 atom stereocenters. The lowest BCUT2D eigenvalue weighted by molar-refractivity contribution is 0.200. The summed E-state index contributed by atoms with van der Waals surface area (Å²) in [5.74, 6) is 0.527. The van der Waals surface area contributed by atoms with E-state index >= 15 is 0 Å². The quantitative estimate of drug-likeness (QED) is 0.694. The number of fused-ring (bicyclic) bond motifs is 1. The van der Waals surface area contributed by atoms with Crippen molar-refractivity contribution in [3.05, 3.63) is 75.2 Å². The third kappa shape index (κ3) is 4.73. The molecule has 0 aliphatic carbocycles. The molecule has 0 saturated carbocycles. The number of H-pyrrole nitrogens is 1. The number of nitrogens with one attached hydrogen (secondary N) is 1. The zero-order valence-corrected chi connectivity index (χ0v) is 16.0. The normalized spacial score (nSPS) is 16.5. The number of likely N-dealkylation sites (tertiary alicyclic amines) is 1. The largest absolute Gasteiger partial charge is 0.312 e. The van der Waals surface area contributed by atoms with E-state index in [1.807, 2.05) is 24.3 Å². The lowest BCUT2D eigenvalue weighted by Crippen LogP contribution is -2.34. The molecule has 0 spiro atoms. The predicted molar refractivity (Wildman–Crippen MR) is 111 cm³/mol. The van der Waals surface area contributed by atoms with Crippen molar-refractivity contribution in [2.45, 2.75) is 19.3 Å². The van der Waals surface area contributed by atoms with E-state index in [-0.39, 0.29) is 10.7 Å². The SMILES string of the molecule is O=c1[nH]c2ccc(C=CCN3CCC(Cc4ccc(F)cc4)CC3)cc2s1. The van der Waals surface area contributed by atoms with Gasteiger partial charge in [0.1, 0.15) is 5.82 Å². The van der Waals surface area contributed by atoms with Gasteiger partial charge in [0, 0.05) is 6.54 Å². The highest BCUT2D eigenvalue weighted by molar-refractivity contribution is 7.16. The molecular formula is C22H23FN2OS. The van der Waals surface area contributed by atoms with Crippen molar-refractivity contribution in [3.8, 4) is 0 Å². The second kappa shape index (κ2) is 8.19. The molecule has 27 heavy (non-hydrogen) atoms. The highest BCUT2D eigenvalue weighted by Gasteiger charge is 2.18. The first-order chi connectivity index (χ1) is 13.2. The summed E-state index contributed by atoms with van der Waals surface area (Å²) >= 11 is 1.25. The zero-order valence-electron chi connectivity index (χ0n) is 15.2. The summed E-state index contributed by atoms with van der Waals surface area (Å²) < 4.78 is 14.0. The van der Waals surface area contributed by atoms with Crippen LogP contribution in [0.2, 0.25) is 0 Å². The second-order valence-corrected chi connectivity index (χ2v) is 8.26. The molecule has 2 aromatic carbocycles. The Bertz CT molecular complexity index is 981. The summed E-state index contributed by atoms with van der Waals surface area (Å²) in [4.78, 5) is 16.7. The fourth-order valence-corrected chi connectivity index (χ4v) is 4.52. The van der Waals surface area contributed by atoms with Gasteiger partial charge in [-0.15, -0.1) is 0 Å². The van der Waals surface area contributed by atoms with E-state index in [0.29, 0.717) is 5.92 Å². The minimum atomic E-state index is -0.162. The minimum Gasteiger partial charge on any atom is -0.312 e. The molecule has 3 aromatic rings. The van der Waals surface area contributed by atoms with Crippen LogP contribution in [0, 0.1) is 11.7 Å². The molecule has 0 amide bonds. The van der Waals surface area contributed by atoms with Gasteiger partial charge in [-0.2, -0.15) is 0 Å². The van der Waals surface area contributed by atoms with E-state index in [4.69, 9.17) is 0 Å². The molecule has 5 heteroatoms. The molecule has 3 nitrogen and oxygen atoms in total. The summed E-state index contributed by atoms with van der Waals surface area (Å²) in [6.07, 6.45) is 7.76. The van der Waals surface area contributed by atoms with Crippen molar-refractivity contribution in [1.29, 1.82) is 0 Å². The minimum absolute atomic E-state index is 0.00496. The van der Waals surface area contributed by atoms with Crippen molar-refractivity contribution < 1.29 is 4.39 Å². The van der Waals surface area contributed by atoms with Crippen LogP contribution < -0.4 is 4.87 Å². The van der Waals surface area contributed by atoms with E-state index in [2.05, 4.69) is 28.1 Å². The Labute approximate surface area is 162 Å². The number of hydrogen-bond donors (Lipinski definition) is 1. The van der Waals surface area contributed by atoms with Gasteiger partial charge >= 0.3 is 4.87 Å².